The molecule has 4 aliphatic carbocycles. The molecule has 4 saturated carbocycles. The van der Waals surface area contributed by atoms with Crippen molar-refractivity contribution in [2.45, 2.75) is 44.1 Å². The number of hydrogen-bond donors (Lipinski definition) is 2. The molecule has 0 radical (unpaired) electrons. The van der Waals surface area contributed by atoms with Crippen LogP contribution in [0, 0.1) is 17.8 Å². The van der Waals surface area contributed by atoms with Gasteiger partial charge in [0.25, 0.3) is 5.91 Å². The van der Waals surface area contributed by atoms with Crippen LogP contribution in [0.2, 0.25) is 0 Å². The third kappa shape index (κ3) is 2.31. The minimum absolute atomic E-state index is 0.00540. The van der Waals surface area contributed by atoms with E-state index >= 15 is 0 Å². The Labute approximate surface area is 130 Å². The number of nitrogens with one attached hydrogen (secondary N) is 1. The topological polar surface area (TPSA) is 72.2 Å². The Balaban J connectivity index is 1.55. The summed E-state index contributed by atoms with van der Waals surface area (Å²) in [7, 11) is 0. The average molecular weight is 298 g/mol. The molecule has 116 valence electrons. The molecular weight excluding hydrogens is 276 g/mol. The zero-order chi connectivity index (χ0) is 15.3. The molecule has 0 unspecified atom stereocenters. The van der Waals surface area contributed by atoms with Crippen LogP contribution in [0.3, 0.4) is 0 Å². The Morgan fingerprint density at radius 1 is 1.00 bits per heavy atom. The first kappa shape index (κ1) is 13.8. The molecule has 22 heavy (non-hydrogen) atoms. The van der Waals surface area contributed by atoms with Crippen molar-refractivity contribution in [1.29, 1.82) is 0 Å². The minimum atomic E-state index is -0.496. The highest BCUT2D eigenvalue weighted by Crippen LogP contribution is 2.55. The van der Waals surface area contributed by atoms with Gasteiger partial charge in [-0.3, -0.25) is 9.59 Å². The average Bonchev–Trinajstić information content (AvgIpc) is 2.45. The van der Waals surface area contributed by atoms with Crippen molar-refractivity contribution in [3.63, 3.8) is 0 Å². The highest BCUT2D eigenvalue weighted by atomic mass is 16.2. The molecule has 0 spiro atoms. The first-order chi connectivity index (χ1) is 10.5. The zero-order valence-corrected chi connectivity index (χ0v) is 12.7. The third-order valence-corrected chi connectivity index (χ3v) is 5.83. The molecule has 4 heteroatoms. The maximum atomic E-state index is 12.6. The molecule has 2 amide bonds. The van der Waals surface area contributed by atoms with E-state index in [2.05, 4.69) is 5.32 Å². The first-order valence-corrected chi connectivity index (χ1v) is 8.25. The SMILES string of the molecule is NC(=O)c1cccc(C(=O)NC23CC4CC(CC(C4)C2)C3)c1. The molecule has 0 aliphatic heterocycles. The molecule has 0 saturated heterocycles. The zero-order valence-electron chi connectivity index (χ0n) is 12.7. The Bertz CT molecular complexity index is 602. The summed E-state index contributed by atoms with van der Waals surface area (Å²) in [5.74, 6) is 1.82. The van der Waals surface area contributed by atoms with Crippen molar-refractivity contribution < 1.29 is 9.59 Å². The Morgan fingerprint density at radius 3 is 2.09 bits per heavy atom. The van der Waals surface area contributed by atoms with Gasteiger partial charge in [0.15, 0.2) is 0 Å². The number of rotatable bonds is 3. The van der Waals surface area contributed by atoms with Gasteiger partial charge in [-0.15, -0.1) is 0 Å². The summed E-state index contributed by atoms with van der Waals surface area (Å²) in [6.07, 6.45) is 7.44. The van der Waals surface area contributed by atoms with Crippen LogP contribution in [0.25, 0.3) is 0 Å². The molecule has 1 aromatic carbocycles. The normalized spacial score (nSPS) is 35.4. The fraction of sp³-hybridized carbons (Fsp3) is 0.556. The van der Waals surface area contributed by atoms with Crippen molar-refractivity contribution in [2.24, 2.45) is 23.5 Å². The molecule has 4 nitrogen and oxygen atoms in total. The Kier molecular flexibility index (Phi) is 3.03. The predicted octanol–water partition coefficient (Wildman–Crippen LogP) is 2.48. The lowest BCUT2D eigenvalue weighted by molar-refractivity contribution is -0.0167. The smallest absolute Gasteiger partial charge is 0.251 e. The van der Waals surface area contributed by atoms with E-state index in [4.69, 9.17) is 5.73 Å². The van der Waals surface area contributed by atoms with E-state index in [1.54, 1.807) is 24.3 Å². The van der Waals surface area contributed by atoms with E-state index in [0.717, 1.165) is 37.0 Å². The van der Waals surface area contributed by atoms with E-state index in [0.29, 0.717) is 11.1 Å². The van der Waals surface area contributed by atoms with E-state index in [-0.39, 0.29) is 11.4 Å². The number of carbonyl (C=O) groups is 2. The third-order valence-electron chi connectivity index (χ3n) is 5.83. The second kappa shape index (κ2) is 4.83. The van der Waals surface area contributed by atoms with Crippen LogP contribution in [-0.4, -0.2) is 17.4 Å². The van der Waals surface area contributed by atoms with Crippen molar-refractivity contribution in [2.75, 3.05) is 0 Å². The summed E-state index contributed by atoms with van der Waals surface area (Å²) < 4.78 is 0. The standard InChI is InChI=1S/C18H22N2O2/c19-16(21)14-2-1-3-15(7-14)17(22)20-18-8-11-4-12(9-18)6-13(5-11)10-18/h1-3,7,11-13H,4-6,8-10H2,(H2,19,21)(H,20,22). The van der Waals surface area contributed by atoms with Crippen molar-refractivity contribution in [3.8, 4) is 0 Å². The second-order valence-electron chi connectivity index (χ2n) is 7.60. The molecule has 4 fully saturated rings. The van der Waals surface area contributed by atoms with E-state index in [1.807, 2.05) is 0 Å². The Morgan fingerprint density at radius 2 is 1.55 bits per heavy atom. The van der Waals surface area contributed by atoms with Gasteiger partial charge >= 0.3 is 0 Å². The molecular formula is C18H22N2O2. The number of hydrogen-bond acceptors (Lipinski definition) is 2. The summed E-state index contributed by atoms with van der Waals surface area (Å²) >= 11 is 0. The number of amides is 2. The van der Waals surface area contributed by atoms with E-state index in [1.165, 1.54) is 19.3 Å². The fourth-order valence-corrected chi connectivity index (χ4v) is 5.39. The first-order valence-electron chi connectivity index (χ1n) is 8.25. The van der Waals surface area contributed by atoms with Gasteiger partial charge in [0.2, 0.25) is 5.91 Å². The summed E-state index contributed by atoms with van der Waals surface area (Å²) in [5.41, 5.74) is 6.22. The van der Waals surface area contributed by atoms with Crippen LogP contribution >= 0.6 is 0 Å². The van der Waals surface area contributed by atoms with Crippen LogP contribution in [0.15, 0.2) is 24.3 Å². The molecule has 1 aromatic rings. The lowest BCUT2D eigenvalue weighted by Gasteiger charge is -2.56. The Hall–Kier alpha value is -1.84. The van der Waals surface area contributed by atoms with Crippen LogP contribution < -0.4 is 11.1 Å². The minimum Gasteiger partial charge on any atom is -0.366 e. The maximum Gasteiger partial charge on any atom is 0.251 e. The summed E-state index contributed by atoms with van der Waals surface area (Å²) in [6.45, 7) is 0. The van der Waals surface area contributed by atoms with Gasteiger partial charge < -0.3 is 11.1 Å². The van der Waals surface area contributed by atoms with Crippen LogP contribution in [0.5, 0.6) is 0 Å². The summed E-state index contributed by atoms with van der Waals surface area (Å²) in [4.78, 5) is 23.9. The van der Waals surface area contributed by atoms with Gasteiger partial charge in [0.05, 0.1) is 0 Å². The van der Waals surface area contributed by atoms with Crippen molar-refractivity contribution in [3.05, 3.63) is 35.4 Å². The molecule has 4 aliphatic rings. The molecule has 5 rings (SSSR count). The molecule has 0 aromatic heterocycles. The predicted molar refractivity (Wildman–Crippen MR) is 83.3 cm³/mol. The van der Waals surface area contributed by atoms with Gasteiger partial charge in [-0.1, -0.05) is 6.07 Å². The monoisotopic (exact) mass is 298 g/mol. The van der Waals surface area contributed by atoms with Crippen LogP contribution in [0.4, 0.5) is 0 Å². The van der Waals surface area contributed by atoms with Gasteiger partial charge in [0, 0.05) is 16.7 Å². The van der Waals surface area contributed by atoms with Crippen molar-refractivity contribution >= 4 is 11.8 Å². The van der Waals surface area contributed by atoms with E-state index in [9.17, 15) is 9.59 Å². The second-order valence-corrected chi connectivity index (χ2v) is 7.60. The van der Waals surface area contributed by atoms with Crippen LogP contribution in [-0.2, 0) is 0 Å². The fourth-order valence-electron chi connectivity index (χ4n) is 5.39. The largest absolute Gasteiger partial charge is 0.366 e. The van der Waals surface area contributed by atoms with Crippen LogP contribution in [0.1, 0.15) is 59.2 Å². The number of carbonyl (C=O) groups excluding carboxylic acids is 2. The number of benzene rings is 1. The summed E-state index contributed by atoms with van der Waals surface area (Å²) in [6, 6.07) is 6.71. The molecule has 3 N–H and O–H groups in total. The lowest BCUT2D eigenvalue weighted by atomic mass is 9.53. The quantitative estimate of drug-likeness (QED) is 0.900. The lowest BCUT2D eigenvalue weighted by Crippen LogP contribution is -2.59. The van der Waals surface area contributed by atoms with Gasteiger partial charge in [-0.25, -0.2) is 0 Å². The number of nitrogens with two attached hydrogens (primary N) is 1. The van der Waals surface area contributed by atoms with E-state index < -0.39 is 5.91 Å². The summed E-state index contributed by atoms with van der Waals surface area (Å²) in [5, 5.41) is 3.32. The molecule has 4 bridgehead atoms. The van der Waals surface area contributed by atoms with Gasteiger partial charge in [-0.05, 0) is 74.5 Å². The molecule has 0 atom stereocenters. The molecule has 0 heterocycles. The highest BCUT2D eigenvalue weighted by molar-refractivity contribution is 5.99. The van der Waals surface area contributed by atoms with Gasteiger partial charge in [0.1, 0.15) is 0 Å². The maximum absolute atomic E-state index is 12.6. The van der Waals surface area contributed by atoms with Gasteiger partial charge in [-0.2, -0.15) is 0 Å². The van der Waals surface area contributed by atoms with Crippen molar-refractivity contribution in [1.82, 2.24) is 5.32 Å². The number of primary amides is 1. The highest BCUT2D eigenvalue weighted by Gasteiger charge is 2.51.